The van der Waals surface area contributed by atoms with Gasteiger partial charge in [0, 0.05) is 0 Å². The van der Waals surface area contributed by atoms with Crippen molar-refractivity contribution in [2.45, 2.75) is 13.8 Å². The minimum atomic E-state index is 1.28. The van der Waals surface area contributed by atoms with Gasteiger partial charge in [0.25, 0.3) is 0 Å². The van der Waals surface area contributed by atoms with E-state index in [0.29, 0.717) is 0 Å². The van der Waals surface area contributed by atoms with Crippen LogP contribution in [0.1, 0.15) is 25.0 Å². The summed E-state index contributed by atoms with van der Waals surface area (Å²) in [6, 6.07) is 12.9. The van der Waals surface area contributed by atoms with Gasteiger partial charge < -0.3 is 0 Å². The summed E-state index contributed by atoms with van der Waals surface area (Å²) in [6.07, 6.45) is 8.47. The lowest BCUT2D eigenvalue weighted by Gasteiger charge is -2.05. The van der Waals surface area contributed by atoms with Gasteiger partial charge in [-0.3, -0.25) is 0 Å². The Morgan fingerprint density at radius 2 is 1.12 bits per heavy atom. The molecule has 0 aliphatic heterocycles. The first kappa shape index (κ1) is 10.7. The van der Waals surface area contributed by atoms with Crippen molar-refractivity contribution in [3.63, 3.8) is 0 Å². The van der Waals surface area contributed by atoms with Gasteiger partial charge in [0.05, 0.1) is 0 Å². The number of allylic oxidation sites excluding steroid dienone is 2. The standard InChI is InChI=1S/C16H16/c1-3-7-13-9-5-12-16-14(8-4-2)10-6-11-15(13)16/h3-12H,1-2H3. The molecule has 0 aliphatic rings. The van der Waals surface area contributed by atoms with Gasteiger partial charge in [-0.25, -0.2) is 0 Å². The third-order valence-electron chi connectivity index (χ3n) is 2.68. The largest absolute Gasteiger partial charge is 0.0870 e. The molecule has 0 unspecified atom stereocenters. The van der Waals surface area contributed by atoms with E-state index in [9.17, 15) is 0 Å². The van der Waals surface area contributed by atoms with Crippen LogP contribution in [0.15, 0.2) is 48.6 Å². The quantitative estimate of drug-likeness (QED) is 0.658. The van der Waals surface area contributed by atoms with Crippen molar-refractivity contribution in [3.05, 3.63) is 59.7 Å². The number of hydrogen-bond donors (Lipinski definition) is 0. The van der Waals surface area contributed by atoms with E-state index >= 15 is 0 Å². The zero-order valence-electron chi connectivity index (χ0n) is 9.77. The lowest BCUT2D eigenvalue weighted by Crippen LogP contribution is -1.81. The topological polar surface area (TPSA) is 0 Å². The molecule has 0 heteroatoms. The van der Waals surface area contributed by atoms with Gasteiger partial charge in [0.15, 0.2) is 0 Å². The van der Waals surface area contributed by atoms with Crippen molar-refractivity contribution in [3.8, 4) is 0 Å². The van der Waals surface area contributed by atoms with Gasteiger partial charge in [-0.15, -0.1) is 0 Å². The fourth-order valence-corrected chi connectivity index (χ4v) is 2.01. The van der Waals surface area contributed by atoms with Crippen LogP contribution in [0.2, 0.25) is 0 Å². The summed E-state index contributed by atoms with van der Waals surface area (Å²) < 4.78 is 0. The zero-order chi connectivity index (χ0) is 11.4. The SMILES string of the molecule is CC=Cc1cccc2c(C=CC)cccc12. The molecule has 0 aliphatic carbocycles. The van der Waals surface area contributed by atoms with Gasteiger partial charge in [0.2, 0.25) is 0 Å². The van der Waals surface area contributed by atoms with Crippen molar-refractivity contribution < 1.29 is 0 Å². The molecule has 0 atom stereocenters. The Bertz CT molecular complexity index is 494. The van der Waals surface area contributed by atoms with E-state index in [0.717, 1.165) is 0 Å². The summed E-state index contributed by atoms with van der Waals surface area (Å²) >= 11 is 0. The van der Waals surface area contributed by atoms with Crippen LogP contribution < -0.4 is 0 Å². The highest BCUT2D eigenvalue weighted by molar-refractivity contribution is 5.96. The Kier molecular flexibility index (Phi) is 3.21. The lowest BCUT2D eigenvalue weighted by atomic mass is 9.99. The first-order chi connectivity index (χ1) is 7.86. The molecule has 2 rings (SSSR count). The van der Waals surface area contributed by atoms with Crippen LogP contribution in [0.4, 0.5) is 0 Å². The van der Waals surface area contributed by atoms with Crippen LogP contribution in [0.5, 0.6) is 0 Å². The van der Waals surface area contributed by atoms with E-state index < -0.39 is 0 Å². The molecule has 0 spiro atoms. The fourth-order valence-electron chi connectivity index (χ4n) is 2.01. The van der Waals surface area contributed by atoms with Gasteiger partial charge in [0.1, 0.15) is 0 Å². The summed E-state index contributed by atoms with van der Waals surface area (Å²) in [6.45, 7) is 4.10. The first-order valence-electron chi connectivity index (χ1n) is 5.64. The maximum atomic E-state index is 2.18. The van der Waals surface area contributed by atoms with E-state index in [2.05, 4.69) is 74.5 Å². The van der Waals surface area contributed by atoms with E-state index in [-0.39, 0.29) is 0 Å². The minimum Gasteiger partial charge on any atom is -0.0870 e. The van der Waals surface area contributed by atoms with Crippen molar-refractivity contribution in [1.29, 1.82) is 0 Å². The molecular weight excluding hydrogens is 192 g/mol. The van der Waals surface area contributed by atoms with Gasteiger partial charge in [-0.1, -0.05) is 60.7 Å². The summed E-state index contributed by atoms with van der Waals surface area (Å²) in [4.78, 5) is 0. The third-order valence-corrected chi connectivity index (χ3v) is 2.68. The molecular formula is C16H16. The number of hydrogen-bond acceptors (Lipinski definition) is 0. The maximum absolute atomic E-state index is 2.18. The van der Waals surface area contributed by atoms with Gasteiger partial charge in [-0.2, -0.15) is 0 Å². The van der Waals surface area contributed by atoms with Gasteiger partial charge >= 0.3 is 0 Å². The number of rotatable bonds is 2. The summed E-state index contributed by atoms with van der Waals surface area (Å²) in [5.74, 6) is 0. The molecule has 80 valence electrons. The van der Waals surface area contributed by atoms with Crippen LogP contribution in [0.3, 0.4) is 0 Å². The van der Waals surface area contributed by atoms with Crippen LogP contribution >= 0.6 is 0 Å². The Hall–Kier alpha value is -1.82. The fraction of sp³-hybridized carbons (Fsp3) is 0.125. The molecule has 2 aromatic rings. The van der Waals surface area contributed by atoms with Gasteiger partial charge in [-0.05, 0) is 35.7 Å². The van der Waals surface area contributed by atoms with Crippen molar-refractivity contribution in [1.82, 2.24) is 0 Å². The molecule has 0 N–H and O–H groups in total. The molecule has 16 heavy (non-hydrogen) atoms. The lowest BCUT2D eigenvalue weighted by molar-refractivity contribution is 1.66. The highest BCUT2D eigenvalue weighted by Gasteiger charge is 2.00. The Labute approximate surface area is 96.9 Å². The average Bonchev–Trinajstić information content (AvgIpc) is 2.31. The number of benzene rings is 2. The predicted octanol–water partition coefficient (Wildman–Crippen LogP) is 4.91. The monoisotopic (exact) mass is 208 g/mol. The summed E-state index contributed by atoms with van der Waals surface area (Å²) in [5.41, 5.74) is 2.57. The molecule has 0 saturated carbocycles. The molecule has 0 nitrogen and oxygen atoms in total. The second kappa shape index (κ2) is 4.80. The zero-order valence-corrected chi connectivity index (χ0v) is 9.77. The Morgan fingerprint density at radius 1 is 0.688 bits per heavy atom. The molecule has 0 aromatic heterocycles. The van der Waals surface area contributed by atoms with Crippen LogP contribution in [0.25, 0.3) is 22.9 Å². The first-order valence-corrected chi connectivity index (χ1v) is 5.64. The Morgan fingerprint density at radius 3 is 1.50 bits per heavy atom. The number of fused-ring (bicyclic) bond motifs is 1. The normalized spacial score (nSPS) is 11.9. The highest BCUT2D eigenvalue weighted by Crippen LogP contribution is 2.24. The van der Waals surface area contributed by atoms with Crippen molar-refractivity contribution >= 4 is 22.9 Å². The predicted molar refractivity (Wildman–Crippen MR) is 73.4 cm³/mol. The van der Waals surface area contributed by atoms with Crippen LogP contribution in [-0.2, 0) is 0 Å². The molecule has 0 heterocycles. The van der Waals surface area contributed by atoms with E-state index in [1.54, 1.807) is 0 Å². The van der Waals surface area contributed by atoms with E-state index in [1.807, 2.05) is 0 Å². The third kappa shape index (κ3) is 1.92. The van der Waals surface area contributed by atoms with E-state index in [4.69, 9.17) is 0 Å². The van der Waals surface area contributed by atoms with Crippen LogP contribution in [0, 0.1) is 0 Å². The second-order valence-corrected chi connectivity index (χ2v) is 3.79. The molecule has 0 bridgehead atoms. The summed E-state index contributed by atoms with van der Waals surface area (Å²) in [5, 5.41) is 2.63. The molecule has 0 amide bonds. The van der Waals surface area contributed by atoms with E-state index in [1.165, 1.54) is 21.9 Å². The maximum Gasteiger partial charge on any atom is -0.0106 e. The minimum absolute atomic E-state index is 1.28. The Balaban J connectivity index is 2.75. The highest BCUT2D eigenvalue weighted by atomic mass is 14.0. The molecule has 0 radical (unpaired) electrons. The summed E-state index contributed by atoms with van der Waals surface area (Å²) in [7, 11) is 0. The molecule has 0 fully saturated rings. The average molecular weight is 208 g/mol. The van der Waals surface area contributed by atoms with Crippen molar-refractivity contribution in [2.75, 3.05) is 0 Å². The molecule has 2 aromatic carbocycles. The second-order valence-electron chi connectivity index (χ2n) is 3.79. The molecule has 0 saturated heterocycles. The van der Waals surface area contributed by atoms with Crippen LogP contribution in [-0.4, -0.2) is 0 Å². The van der Waals surface area contributed by atoms with Crippen molar-refractivity contribution in [2.24, 2.45) is 0 Å². The smallest absolute Gasteiger partial charge is 0.0106 e.